The minimum Gasteiger partial charge on any atom is -0.497 e. The first-order valence-corrected chi connectivity index (χ1v) is 14.8. The Morgan fingerprint density at radius 1 is 0.921 bits per heavy atom. The van der Waals surface area contributed by atoms with Gasteiger partial charge in [-0.3, -0.25) is 9.59 Å². The third kappa shape index (κ3) is 11.4. The standard InChI is InChI=1S/C30H50N4O4/c1-3-4-5-6-7-8-9-10-11-12-13-17-28(35)32-25(16-14-15-22-31)23-33-24-29(36)34(30(33)37)26-18-20-27(38-2)21-19-26/h18-21,25H,3-17,22-24,31H2,1-2H3,(H,32,35)/t25-/m0/s1. The maximum Gasteiger partial charge on any atom is 0.331 e. The summed E-state index contributed by atoms with van der Waals surface area (Å²) in [5.74, 6) is 0.405. The zero-order valence-electron chi connectivity index (χ0n) is 23.7. The molecule has 1 aromatic carbocycles. The summed E-state index contributed by atoms with van der Waals surface area (Å²) in [4.78, 5) is 41.2. The van der Waals surface area contributed by atoms with Gasteiger partial charge in [0.15, 0.2) is 0 Å². The molecule has 1 aromatic rings. The molecule has 1 atom stereocenters. The SMILES string of the molecule is CCCCCCCCCCCCCC(=O)N[C@@H](CCCCN)CN1CC(=O)N(c2ccc(OC)cc2)C1=O. The fraction of sp³-hybridized carbons (Fsp3) is 0.700. The van der Waals surface area contributed by atoms with E-state index >= 15 is 0 Å². The average molecular weight is 531 g/mol. The van der Waals surface area contributed by atoms with Gasteiger partial charge < -0.3 is 20.7 Å². The van der Waals surface area contributed by atoms with Crippen LogP contribution in [0.1, 0.15) is 103 Å². The van der Waals surface area contributed by atoms with Crippen molar-refractivity contribution in [2.75, 3.05) is 31.6 Å². The van der Waals surface area contributed by atoms with E-state index in [1.54, 1.807) is 31.4 Å². The predicted molar refractivity (Wildman–Crippen MR) is 153 cm³/mol. The van der Waals surface area contributed by atoms with Gasteiger partial charge in [0.2, 0.25) is 5.91 Å². The summed E-state index contributed by atoms with van der Waals surface area (Å²) in [5.41, 5.74) is 6.18. The van der Waals surface area contributed by atoms with Crippen LogP contribution < -0.4 is 20.7 Å². The van der Waals surface area contributed by atoms with Crippen molar-refractivity contribution in [3.8, 4) is 5.75 Å². The molecule has 1 aliphatic rings. The van der Waals surface area contributed by atoms with E-state index in [0.29, 0.717) is 30.9 Å². The van der Waals surface area contributed by atoms with E-state index in [0.717, 1.165) is 32.1 Å². The van der Waals surface area contributed by atoms with Crippen molar-refractivity contribution < 1.29 is 19.1 Å². The van der Waals surface area contributed by atoms with E-state index in [2.05, 4.69) is 12.2 Å². The molecular formula is C30H50N4O4. The molecule has 8 nitrogen and oxygen atoms in total. The second kappa shape index (κ2) is 18.6. The van der Waals surface area contributed by atoms with Crippen LogP contribution in [0.4, 0.5) is 10.5 Å². The Kier molecular flexibility index (Phi) is 15.5. The van der Waals surface area contributed by atoms with E-state index in [1.165, 1.54) is 67.6 Å². The van der Waals surface area contributed by atoms with Crippen LogP contribution >= 0.6 is 0 Å². The van der Waals surface area contributed by atoms with Gasteiger partial charge in [-0.25, -0.2) is 9.69 Å². The Labute approximate surface area is 229 Å². The average Bonchev–Trinajstić information content (AvgIpc) is 3.19. The third-order valence-corrected chi connectivity index (χ3v) is 7.19. The van der Waals surface area contributed by atoms with Crippen LogP contribution in [0.15, 0.2) is 24.3 Å². The van der Waals surface area contributed by atoms with Gasteiger partial charge in [-0.15, -0.1) is 0 Å². The summed E-state index contributed by atoms with van der Waals surface area (Å²) in [6, 6.07) is 6.29. The molecule has 1 aliphatic heterocycles. The van der Waals surface area contributed by atoms with Crippen molar-refractivity contribution in [2.45, 2.75) is 109 Å². The summed E-state index contributed by atoms with van der Waals surface area (Å²) in [5, 5.41) is 3.12. The zero-order valence-corrected chi connectivity index (χ0v) is 23.7. The van der Waals surface area contributed by atoms with Gasteiger partial charge in [0.25, 0.3) is 5.91 Å². The lowest BCUT2D eigenvalue weighted by Crippen LogP contribution is -2.45. The predicted octanol–water partition coefficient (Wildman–Crippen LogP) is 5.78. The Balaban J connectivity index is 1.75. The number of imide groups is 1. The van der Waals surface area contributed by atoms with Gasteiger partial charge in [-0.05, 0) is 50.1 Å². The van der Waals surface area contributed by atoms with Crippen LogP contribution in [0.2, 0.25) is 0 Å². The summed E-state index contributed by atoms with van der Waals surface area (Å²) in [6.45, 7) is 3.15. The van der Waals surface area contributed by atoms with E-state index in [1.807, 2.05) is 0 Å². The molecule has 0 unspecified atom stereocenters. The van der Waals surface area contributed by atoms with Crippen molar-refractivity contribution in [3.05, 3.63) is 24.3 Å². The zero-order chi connectivity index (χ0) is 27.6. The van der Waals surface area contributed by atoms with E-state index in [9.17, 15) is 14.4 Å². The number of nitrogens with two attached hydrogens (primary N) is 1. The first-order chi connectivity index (χ1) is 18.5. The Hall–Kier alpha value is -2.61. The Bertz CT molecular complexity index is 830. The number of methoxy groups -OCH3 is 1. The number of anilines is 1. The molecule has 0 aliphatic carbocycles. The number of nitrogens with zero attached hydrogens (tertiary/aromatic N) is 2. The van der Waals surface area contributed by atoms with E-state index in [4.69, 9.17) is 10.5 Å². The largest absolute Gasteiger partial charge is 0.497 e. The van der Waals surface area contributed by atoms with Gasteiger partial charge in [0, 0.05) is 19.0 Å². The first kappa shape index (κ1) is 31.6. The summed E-state index contributed by atoms with van der Waals surface area (Å²) in [6.07, 6.45) is 16.6. The number of rotatable bonds is 21. The number of ether oxygens (including phenoxy) is 1. The lowest BCUT2D eigenvalue weighted by Gasteiger charge is -2.24. The molecule has 0 radical (unpaired) electrons. The number of benzene rings is 1. The summed E-state index contributed by atoms with van der Waals surface area (Å²) < 4.78 is 5.17. The molecule has 0 saturated carbocycles. The normalized spacial score (nSPS) is 14.3. The topological polar surface area (TPSA) is 105 Å². The molecule has 214 valence electrons. The van der Waals surface area contributed by atoms with E-state index < -0.39 is 0 Å². The molecule has 1 saturated heterocycles. The van der Waals surface area contributed by atoms with Crippen LogP contribution in [0.3, 0.4) is 0 Å². The highest BCUT2D eigenvalue weighted by atomic mass is 16.5. The maximum absolute atomic E-state index is 13.1. The molecule has 0 spiro atoms. The van der Waals surface area contributed by atoms with Crippen LogP contribution in [0, 0.1) is 0 Å². The van der Waals surface area contributed by atoms with Crippen molar-refractivity contribution in [1.29, 1.82) is 0 Å². The number of unbranched alkanes of at least 4 members (excludes halogenated alkanes) is 11. The number of carbonyl (C=O) groups excluding carboxylic acids is 3. The number of hydrogen-bond donors (Lipinski definition) is 2. The van der Waals surface area contributed by atoms with Crippen LogP contribution in [0.5, 0.6) is 5.75 Å². The van der Waals surface area contributed by atoms with Gasteiger partial charge in [-0.1, -0.05) is 77.6 Å². The van der Waals surface area contributed by atoms with Gasteiger partial charge >= 0.3 is 6.03 Å². The number of amides is 4. The Morgan fingerprint density at radius 2 is 1.53 bits per heavy atom. The van der Waals surface area contributed by atoms with Crippen molar-refractivity contribution in [3.63, 3.8) is 0 Å². The van der Waals surface area contributed by atoms with Gasteiger partial charge in [-0.2, -0.15) is 0 Å². The molecule has 3 N–H and O–H groups in total. The quantitative estimate of drug-likeness (QED) is 0.155. The molecule has 38 heavy (non-hydrogen) atoms. The number of nitrogens with one attached hydrogen (secondary N) is 1. The van der Waals surface area contributed by atoms with Crippen LogP contribution in [-0.2, 0) is 9.59 Å². The van der Waals surface area contributed by atoms with Gasteiger partial charge in [0.1, 0.15) is 12.3 Å². The molecule has 1 fully saturated rings. The monoisotopic (exact) mass is 530 g/mol. The number of urea groups is 1. The van der Waals surface area contributed by atoms with Crippen molar-refractivity contribution in [1.82, 2.24) is 10.2 Å². The minimum atomic E-state index is -0.358. The molecule has 0 bridgehead atoms. The number of hydrogen-bond acceptors (Lipinski definition) is 5. The first-order valence-electron chi connectivity index (χ1n) is 14.8. The molecule has 4 amide bonds. The Morgan fingerprint density at radius 3 is 2.11 bits per heavy atom. The molecule has 1 heterocycles. The maximum atomic E-state index is 13.1. The van der Waals surface area contributed by atoms with E-state index in [-0.39, 0.29) is 30.4 Å². The highest BCUT2D eigenvalue weighted by molar-refractivity contribution is 6.19. The highest BCUT2D eigenvalue weighted by Crippen LogP contribution is 2.24. The second-order valence-corrected chi connectivity index (χ2v) is 10.4. The molecule has 8 heteroatoms. The lowest BCUT2D eigenvalue weighted by molar-refractivity contribution is -0.122. The highest BCUT2D eigenvalue weighted by Gasteiger charge is 2.38. The fourth-order valence-corrected chi connectivity index (χ4v) is 4.94. The summed E-state index contributed by atoms with van der Waals surface area (Å²) in [7, 11) is 1.57. The smallest absolute Gasteiger partial charge is 0.331 e. The number of carbonyl (C=O) groups is 3. The van der Waals surface area contributed by atoms with Crippen LogP contribution in [0.25, 0.3) is 0 Å². The van der Waals surface area contributed by atoms with Crippen molar-refractivity contribution >= 4 is 23.5 Å². The fourth-order valence-electron chi connectivity index (χ4n) is 4.94. The minimum absolute atomic E-state index is 0.00667. The van der Waals surface area contributed by atoms with Gasteiger partial charge in [0.05, 0.1) is 12.8 Å². The second-order valence-electron chi connectivity index (χ2n) is 10.4. The third-order valence-electron chi connectivity index (χ3n) is 7.19. The summed E-state index contributed by atoms with van der Waals surface area (Å²) >= 11 is 0. The molecule has 2 rings (SSSR count). The van der Waals surface area contributed by atoms with Crippen molar-refractivity contribution in [2.24, 2.45) is 5.73 Å². The lowest BCUT2D eigenvalue weighted by atomic mass is 10.0. The molecular weight excluding hydrogens is 480 g/mol. The molecule has 0 aromatic heterocycles. The van der Waals surface area contributed by atoms with Crippen LogP contribution in [-0.4, -0.2) is 55.5 Å².